The van der Waals surface area contributed by atoms with Crippen molar-refractivity contribution in [3.05, 3.63) is 56.5 Å². The number of anilines is 1. The summed E-state index contributed by atoms with van der Waals surface area (Å²) in [4.78, 5) is 26.3. The van der Waals surface area contributed by atoms with Crippen LogP contribution in [0.15, 0.2) is 35.7 Å². The fraction of sp³-hybridized carbons (Fsp3) is 0.200. The molecule has 8 heteroatoms. The molecule has 0 aliphatic carbocycles. The summed E-state index contributed by atoms with van der Waals surface area (Å²) in [6.45, 7) is 2.64. The van der Waals surface area contributed by atoms with Gasteiger partial charge in [0.25, 0.3) is 5.69 Å². The lowest BCUT2D eigenvalue weighted by molar-refractivity contribution is -0.384. The molecular weight excluding hydrogens is 316 g/mol. The van der Waals surface area contributed by atoms with Crippen molar-refractivity contribution in [2.45, 2.75) is 6.92 Å². The van der Waals surface area contributed by atoms with Crippen molar-refractivity contribution in [1.82, 2.24) is 10.3 Å². The van der Waals surface area contributed by atoms with E-state index < -0.39 is 4.92 Å². The number of aromatic nitrogens is 1. The largest absolute Gasteiger partial charge is 0.378 e. The molecule has 120 valence electrons. The fourth-order valence-electron chi connectivity index (χ4n) is 1.84. The lowest BCUT2D eigenvalue weighted by Crippen LogP contribution is -2.27. The Bertz CT molecular complexity index is 727. The number of nitro groups is 1. The molecule has 0 atom stereocenters. The zero-order chi connectivity index (χ0) is 16.7. The third kappa shape index (κ3) is 5.19. The zero-order valence-corrected chi connectivity index (χ0v) is 13.3. The number of carbonyl (C=O) groups is 1. The van der Waals surface area contributed by atoms with Gasteiger partial charge in [-0.15, -0.1) is 11.3 Å². The van der Waals surface area contributed by atoms with Crippen LogP contribution in [0.4, 0.5) is 11.4 Å². The average Bonchev–Trinajstić information content (AvgIpc) is 2.95. The summed E-state index contributed by atoms with van der Waals surface area (Å²) in [5, 5.41) is 19.3. The van der Waals surface area contributed by atoms with Gasteiger partial charge in [-0.2, -0.15) is 0 Å². The Morgan fingerprint density at radius 2 is 2.17 bits per heavy atom. The van der Waals surface area contributed by atoms with E-state index >= 15 is 0 Å². The molecule has 0 bridgehead atoms. The Kier molecular flexibility index (Phi) is 5.81. The third-order valence-electron chi connectivity index (χ3n) is 2.88. The first-order chi connectivity index (χ1) is 11.1. The second-order valence-electron chi connectivity index (χ2n) is 4.62. The summed E-state index contributed by atoms with van der Waals surface area (Å²) in [6, 6.07) is 6.38. The molecule has 2 aromatic rings. The topological polar surface area (TPSA) is 97.2 Å². The summed E-state index contributed by atoms with van der Waals surface area (Å²) in [5.74, 6) is -0.236. The van der Waals surface area contributed by atoms with Crippen molar-refractivity contribution in [1.29, 1.82) is 0 Å². The van der Waals surface area contributed by atoms with Crippen LogP contribution in [0.2, 0.25) is 0 Å². The third-order valence-corrected chi connectivity index (χ3v) is 3.67. The second kappa shape index (κ2) is 8.04. The summed E-state index contributed by atoms with van der Waals surface area (Å²) in [7, 11) is 0. The minimum absolute atomic E-state index is 0.0117. The Morgan fingerprint density at radius 3 is 2.87 bits per heavy atom. The van der Waals surface area contributed by atoms with Gasteiger partial charge in [0, 0.05) is 30.6 Å². The number of nitrogens with zero attached hydrogens (tertiary/aromatic N) is 2. The van der Waals surface area contributed by atoms with Crippen LogP contribution in [-0.2, 0) is 4.79 Å². The minimum Gasteiger partial charge on any atom is -0.378 e. The van der Waals surface area contributed by atoms with Gasteiger partial charge >= 0.3 is 0 Å². The fourth-order valence-corrected chi connectivity index (χ4v) is 2.42. The first-order valence-electron chi connectivity index (χ1n) is 6.91. The van der Waals surface area contributed by atoms with E-state index in [1.165, 1.54) is 23.5 Å². The standard InChI is InChI=1S/C15H16N4O3S/c1-11-18-12(10-23-11)6-7-15(20)17-9-8-16-13-4-2-3-5-14(13)19(21)22/h2-7,10,16H,8-9H2,1H3,(H,17,20)/b7-6+. The molecule has 0 aliphatic rings. The van der Waals surface area contributed by atoms with Crippen LogP contribution < -0.4 is 10.6 Å². The minimum atomic E-state index is -0.445. The van der Waals surface area contributed by atoms with Gasteiger partial charge in [-0.25, -0.2) is 4.98 Å². The number of para-hydroxylation sites is 2. The van der Waals surface area contributed by atoms with Crippen LogP contribution in [0, 0.1) is 17.0 Å². The van der Waals surface area contributed by atoms with E-state index in [0.717, 1.165) is 10.7 Å². The number of aryl methyl sites for hydroxylation is 1. The lowest BCUT2D eigenvalue weighted by Gasteiger charge is -2.07. The number of hydrogen-bond acceptors (Lipinski definition) is 6. The zero-order valence-electron chi connectivity index (χ0n) is 12.5. The molecule has 1 amide bonds. The molecule has 23 heavy (non-hydrogen) atoms. The maximum Gasteiger partial charge on any atom is 0.292 e. The Hall–Kier alpha value is -2.74. The van der Waals surface area contributed by atoms with Gasteiger partial charge in [0.05, 0.1) is 15.6 Å². The number of carbonyl (C=O) groups excluding carboxylic acids is 1. The van der Waals surface area contributed by atoms with E-state index in [4.69, 9.17) is 0 Å². The Morgan fingerprint density at radius 1 is 1.39 bits per heavy atom. The summed E-state index contributed by atoms with van der Waals surface area (Å²) in [5.41, 5.74) is 1.19. The van der Waals surface area contributed by atoms with Crippen LogP contribution >= 0.6 is 11.3 Å². The van der Waals surface area contributed by atoms with Crippen molar-refractivity contribution in [3.63, 3.8) is 0 Å². The van der Waals surface area contributed by atoms with Gasteiger partial charge in [-0.3, -0.25) is 14.9 Å². The van der Waals surface area contributed by atoms with E-state index in [1.807, 2.05) is 12.3 Å². The van der Waals surface area contributed by atoms with Crippen molar-refractivity contribution >= 4 is 34.7 Å². The normalized spacial score (nSPS) is 10.7. The van der Waals surface area contributed by atoms with E-state index in [1.54, 1.807) is 24.3 Å². The van der Waals surface area contributed by atoms with Gasteiger partial charge in [-0.05, 0) is 19.1 Å². The molecule has 0 aliphatic heterocycles. The predicted molar refractivity (Wildman–Crippen MR) is 90.5 cm³/mol. The molecule has 7 nitrogen and oxygen atoms in total. The quantitative estimate of drug-likeness (QED) is 0.351. The van der Waals surface area contributed by atoms with Crippen molar-refractivity contribution in [2.24, 2.45) is 0 Å². The first kappa shape index (κ1) is 16.6. The van der Waals surface area contributed by atoms with Crippen LogP contribution in [0.5, 0.6) is 0 Å². The second-order valence-corrected chi connectivity index (χ2v) is 5.68. The predicted octanol–water partition coefficient (Wildman–Crippen LogP) is 2.60. The summed E-state index contributed by atoms with van der Waals surface area (Å²) in [6.07, 6.45) is 3.06. The van der Waals surface area contributed by atoms with Gasteiger partial charge in [0.1, 0.15) is 5.69 Å². The lowest BCUT2D eigenvalue weighted by atomic mass is 10.2. The van der Waals surface area contributed by atoms with Crippen molar-refractivity contribution < 1.29 is 9.72 Å². The SMILES string of the molecule is Cc1nc(/C=C/C(=O)NCCNc2ccccc2[N+](=O)[O-])cs1. The number of benzene rings is 1. The highest BCUT2D eigenvalue weighted by molar-refractivity contribution is 7.09. The van der Waals surface area contributed by atoms with Crippen LogP contribution in [0.1, 0.15) is 10.7 Å². The molecule has 1 aromatic carbocycles. The van der Waals surface area contributed by atoms with Gasteiger partial charge in [0.15, 0.2) is 0 Å². The molecule has 0 radical (unpaired) electrons. The number of nitro benzene ring substituents is 1. The molecule has 0 saturated carbocycles. The Labute approximate surface area is 137 Å². The first-order valence-corrected chi connectivity index (χ1v) is 7.79. The summed E-state index contributed by atoms with van der Waals surface area (Å²) >= 11 is 1.52. The van der Waals surface area contributed by atoms with E-state index in [9.17, 15) is 14.9 Å². The molecule has 0 unspecified atom stereocenters. The van der Waals surface area contributed by atoms with Crippen LogP contribution in [0.3, 0.4) is 0 Å². The van der Waals surface area contributed by atoms with Crippen molar-refractivity contribution in [3.8, 4) is 0 Å². The van der Waals surface area contributed by atoms with Crippen LogP contribution in [-0.4, -0.2) is 28.9 Å². The smallest absolute Gasteiger partial charge is 0.292 e. The van der Waals surface area contributed by atoms with E-state index in [0.29, 0.717) is 18.8 Å². The number of thiazole rings is 1. The molecule has 0 saturated heterocycles. The maximum atomic E-state index is 11.7. The Balaban J connectivity index is 1.76. The number of rotatable bonds is 7. The monoisotopic (exact) mass is 332 g/mol. The average molecular weight is 332 g/mol. The highest BCUT2D eigenvalue weighted by Gasteiger charge is 2.11. The number of nitrogens with one attached hydrogen (secondary N) is 2. The molecular formula is C15H16N4O3S. The molecule has 2 N–H and O–H groups in total. The van der Waals surface area contributed by atoms with E-state index in [-0.39, 0.29) is 11.6 Å². The number of hydrogen-bond donors (Lipinski definition) is 2. The summed E-state index contributed by atoms with van der Waals surface area (Å²) < 4.78 is 0. The van der Waals surface area contributed by atoms with E-state index in [2.05, 4.69) is 15.6 Å². The van der Waals surface area contributed by atoms with Crippen molar-refractivity contribution in [2.75, 3.05) is 18.4 Å². The molecule has 1 heterocycles. The van der Waals surface area contributed by atoms with Gasteiger partial charge in [-0.1, -0.05) is 12.1 Å². The van der Waals surface area contributed by atoms with Gasteiger partial charge in [0.2, 0.25) is 5.91 Å². The van der Waals surface area contributed by atoms with Gasteiger partial charge < -0.3 is 10.6 Å². The molecule has 2 rings (SSSR count). The molecule has 1 aromatic heterocycles. The maximum absolute atomic E-state index is 11.7. The highest BCUT2D eigenvalue weighted by atomic mass is 32.1. The molecule has 0 fully saturated rings. The van der Waals surface area contributed by atoms with Crippen LogP contribution in [0.25, 0.3) is 6.08 Å². The highest BCUT2D eigenvalue weighted by Crippen LogP contribution is 2.22. The number of amides is 1. The molecule has 0 spiro atoms.